The number of aromatic nitrogens is 3. The van der Waals surface area contributed by atoms with Gasteiger partial charge in [-0.1, -0.05) is 29.8 Å². The van der Waals surface area contributed by atoms with Crippen molar-refractivity contribution in [3.63, 3.8) is 0 Å². The second-order valence-electron chi connectivity index (χ2n) is 6.09. The van der Waals surface area contributed by atoms with E-state index in [2.05, 4.69) is 15.4 Å². The summed E-state index contributed by atoms with van der Waals surface area (Å²) in [5.41, 5.74) is 0.303. The Morgan fingerprint density at radius 2 is 2.03 bits per heavy atom. The minimum Gasteiger partial charge on any atom is -0.323 e. The minimum absolute atomic E-state index is 0.00122. The van der Waals surface area contributed by atoms with Gasteiger partial charge in [-0.3, -0.25) is 4.79 Å². The zero-order valence-electron chi connectivity index (χ0n) is 15.2. The maximum atomic E-state index is 13.1. The molecule has 5 nitrogen and oxygen atoms in total. The molecule has 0 aliphatic carbocycles. The molecule has 0 aliphatic heterocycles. The fourth-order valence-electron chi connectivity index (χ4n) is 2.63. The van der Waals surface area contributed by atoms with Crippen LogP contribution in [0.2, 0.25) is 5.02 Å². The summed E-state index contributed by atoms with van der Waals surface area (Å²) in [7, 11) is 0. The van der Waals surface area contributed by atoms with Crippen LogP contribution >= 0.6 is 23.4 Å². The molecule has 10 heteroatoms. The first-order chi connectivity index (χ1) is 13.8. The van der Waals surface area contributed by atoms with E-state index in [4.69, 9.17) is 11.6 Å². The Bertz CT molecular complexity index is 995. The van der Waals surface area contributed by atoms with Gasteiger partial charge in [-0.05, 0) is 36.8 Å². The molecule has 0 radical (unpaired) electrons. The third-order valence-corrected chi connectivity index (χ3v) is 5.60. The van der Waals surface area contributed by atoms with E-state index in [-0.39, 0.29) is 22.4 Å². The molecule has 2 aromatic carbocycles. The van der Waals surface area contributed by atoms with Gasteiger partial charge in [-0.15, -0.1) is 11.8 Å². The fraction of sp³-hybridized carbons (Fsp3) is 0.211. The topological polar surface area (TPSA) is 59.8 Å². The van der Waals surface area contributed by atoms with Crippen molar-refractivity contribution in [2.75, 3.05) is 11.1 Å². The standard InChI is InChI=1S/C19H16ClF3N4OS/c1-12(14-4-2-3-5-15(14)20)29-9-18(28)26-16-8-13(19(21,22)23)6-7-17(16)27-11-24-10-25-27/h2-8,10-12H,9H2,1H3,(H,26,28). The summed E-state index contributed by atoms with van der Waals surface area (Å²) >= 11 is 7.50. The molecule has 152 valence electrons. The van der Waals surface area contributed by atoms with Crippen LogP contribution in [0.4, 0.5) is 18.9 Å². The molecule has 1 aromatic heterocycles. The van der Waals surface area contributed by atoms with E-state index in [1.807, 2.05) is 25.1 Å². The first kappa shape index (κ1) is 21.2. The number of nitrogens with zero attached hydrogens (tertiary/aromatic N) is 3. The molecule has 0 bridgehead atoms. The summed E-state index contributed by atoms with van der Waals surface area (Å²) in [4.78, 5) is 16.2. The largest absolute Gasteiger partial charge is 0.416 e. The average Bonchev–Trinajstić information content (AvgIpc) is 3.20. The van der Waals surface area contributed by atoms with Gasteiger partial charge in [0, 0.05) is 10.3 Å². The van der Waals surface area contributed by atoms with E-state index in [9.17, 15) is 18.0 Å². The first-order valence-electron chi connectivity index (χ1n) is 8.48. The van der Waals surface area contributed by atoms with Gasteiger partial charge >= 0.3 is 6.18 Å². The summed E-state index contributed by atoms with van der Waals surface area (Å²) in [6.45, 7) is 1.91. The van der Waals surface area contributed by atoms with Gasteiger partial charge in [0.1, 0.15) is 12.7 Å². The smallest absolute Gasteiger partial charge is 0.323 e. The number of benzene rings is 2. The number of hydrogen-bond donors (Lipinski definition) is 1. The number of carbonyl (C=O) groups is 1. The molecule has 3 aromatic rings. The maximum Gasteiger partial charge on any atom is 0.416 e. The Kier molecular flexibility index (Phi) is 6.49. The van der Waals surface area contributed by atoms with Crippen molar-refractivity contribution in [1.82, 2.24) is 14.8 Å². The Balaban J connectivity index is 1.76. The van der Waals surface area contributed by atoms with E-state index in [0.29, 0.717) is 5.02 Å². The van der Waals surface area contributed by atoms with Crippen LogP contribution in [0.15, 0.2) is 55.1 Å². The molecule has 1 amide bonds. The number of halogens is 4. The highest BCUT2D eigenvalue weighted by atomic mass is 35.5. The molecule has 29 heavy (non-hydrogen) atoms. The van der Waals surface area contributed by atoms with E-state index in [1.165, 1.54) is 35.2 Å². The maximum absolute atomic E-state index is 13.1. The summed E-state index contributed by atoms with van der Waals surface area (Å²) in [6, 6.07) is 10.4. The SMILES string of the molecule is CC(SCC(=O)Nc1cc(C(F)(F)F)ccc1-n1cncn1)c1ccccc1Cl. The Labute approximate surface area is 174 Å². The van der Waals surface area contributed by atoms with Crippen molar-refractivity contribution < 1.29 is 18.0 Å². The van der Waals surface area contributed by atoms with Gasteiger partial charge in [0.15, 0.2) is 0 Å². The lowest BCUT2D eigenvalue weighted by atomic mass is 10.1. The van der Waals surface area contributed by atoms with Crippen LogP contribution in [0, 0.1) is 0 Å². The molecule has 0 saturated carbocycles. The number of anilines is 1. The van der Waals surface area contributed by atoms with Crippen molar-refractivity contribution in [2.24, 2.45) is 0 Å². The summed E-state index contributed by atoms with van der Waals surface area (Å²) in [6.07, 6.45) is -1.94. The molecule has 1 N–H and O–H groups in total. The Morgan fingerprint density at radius 3 is 2.69 bits per heavy atom. The molecule has 1 unspecified atom stereocenters. The zero-order chi connectivity index (χ0) is 21.0. The third-order valence-electron chi connectivity index (χ3n) is 4.07. The fourth-order valence-corrected chi connectivity index (χ4v) is 3.85. The lowest BCUT2D eigenvalue weighted by molar-refractivity contribution is -0.137. The van der Waals surface area contributed by atoms with Crippen molar-refractivity contribution in [3.8, 4) is 5.69 Å². The van der Waals surface area contributed by atoms with Gasteiger partial charge in [0.25, 0.3) is 0 Å². The second kappa shape index (κ2) is 8.87. The number of nitrogens with one attached hydrogen (secondary N) is 1. The van der Waals surface area contributed by atoms with Gasteiger partial charge in [-0.2, -0.15) is 18.3 Å². The molecule has 0 saturated heterocycles. The number of amides is 1. The van der Waals surface area contributed by atoms with Crippen molar-refractivity contribution in [2.45, 2.75) is 18.3 Å². The van der Waals surface area contributed by atoms with Crippen LogP contribution in [0.3, 0.4) is 0 Å². The van der Waals surface area contributed by atoms with Crippen LogP contribution in [-0.4, -0.2) is 26.4 Å². The molecule has 1 heterocycles. The molecule has 1 atom stereocenters. The van der Waals surface area contributed by atoms with E-state index in [0.717, 1.165) is 17.7 Å². The van der Waals surface area contributed by atoms with Crippen LogP contribution in [0.25, 0.3) is 5.69 Å². The highest BCUT2D eigenvalue weighted by molar-refractivity contribution is 8.00. The highest BCUT2D eigenvalue weighted by Crippen LogP contribution is 2.35. The monoisotopic (exact) mass is 440 g/mol. The van der Waals surface area contributed by atoms with Crippen molar-refractivity contribution in [3.05, 3.63) is 71.3 Å². The van der Waals surface area contributed by atoms with Gasteiger partial charge in [0.05, 0.1) is 22.7 Å². The summed E-state index contributed by atoms with van der Waals surface area (Å²) < 4.78 is 40.6. The predicted octanol–water partition coefficient (Wildman–Crippen LogP) is 5.37. The molecular formula is C19H16ClF3N4OS. The number of alkyl halides is 3. The molecule has 0 aliphatic rings. The number of rotatable bonds is 6. The summed E-state index contributed by atoms with van der Waals surface area (Å²) in [5.74, 6) is -0.394. The number of thioether (sulfide) groups is 1. The van der Waals surface area contributed by atoms with Gasteiger partial charge in [-0.25, -0.2) is 9.67 Å². The lowest BCUT2D eigenvalue weighted by Gasteiger charge is -2.16. The number of carbonyl (C=O) groups excluding carboxylic acids is 1. The second-order valence-corrected chi connectivity index (χ2v) is 7.83. The molecule has 0 fully saturated rings. The van der Waals surface area contributed by atoms with E-state index in [1.54, 1.807) is 6.07 Å². The molecule has 3 rings (SSSR count). The molecule has 0 spiro atoms. The Morgan fingerprint density at radius 1 is 1.28 bits per heavy atom. The molecular weight excluding hydrogens is 425 g/mol. The normalized spacial score (nSPS) is 12.6. The van der Waals surface area contributed by atoms with E-state index < -0.39 is 17.6 Å². The van der Waals surface area contributed by atoms with Crippen LogP contribution in [0.1, 0.15) is 23.3 Å². The van der Waals surface area contributed by atoms with E-state index >= 15 is 0 Å². The first-order valence-corrected chi connectivity index (χ1v) is 9.90. The van der Waals surface area contributed by atoms with Crippen LogP contribution in [-0.2, 0) is 11.0 Å². The average molecular weight is 441 g/mol. The lowest BCUT2D eigenvalue weighted by Crippen LogP contribution is -2.17. The quantitative estimate of drug-likeness (QED) is 0.559. The van der Waals surface area contributed by atoms with Crippen LogP contribution < -0.4 is 5.32 Å². The van der Waals surface area contributed by atoms with Crippen molar-refractivity contribution in [1.29, 1.82) is 0 Å². The van der Waals surface area contributed by atoms with Gasteiger partial charge in [0.2, 0.25) is 5.91 Å². The number of hydrogen-bond acceptors (Lipinski definition) is 4. The zero-order valence-corrected chi connectivity index (χ0v) is 16.7. The van der Waals surface area contributed by atoms with Crippen LogP contribution in [0.5, 0.6) is 0 Å². The third kappa shape index (κ3) is 5.30. The minimum atomic E-state index is -4.53. The predicted molar refractivity (Wildman–Crippen MR) is 107 cm³/mol. The van der Waals surface area contributed by atoms with Crippen molar-refractivity contribution >= 4 is 35.0 Å². The highest BCUT2D eigenvalue weighted by Gasteiger charge is 2.31. The Hall–Kier alpha value is -2.52. The van der Waals surface area contributed by atoms with Gasteiger partial charge < -0.3 is 5.32 Å². The summed E-state index contributed by atoms with van der Waals surface area (Å²) in [5, 5.41) is 7.01.